The number of fused-ring (bicyclic) bond motifs is 5. The molecule has 210 valence electrons. The molecule has 1 saturated carbocycles. The number of alkyl carbamates (subject to hydrolysis) is 1. The number of hydrogen-bond acceptors (Lipinski definition) is 7. The standard InChI is InChI=1S/C30H43NO7/c1-5-30(36-15-16-37-30)14-8-6-7-9-25(31-28(34)38-29(2,3)4)27(33)35-19-26(32)22-12-13-23-20-10-11-21(17-20)24(23)18-22/h12-13,18,20-21,25H,5-11,14-17,19H2,1-4H3,(H,31,34). The van der Waals surface area contributed by atoms with Crippen LogP contribution in [0.15, 0.2) is 18.2 Å². The minimum Gasteiger partial charge on any atom is -0.456 e. The van der Waals surface area contributed by atoms with Gasteiger partial charge in [0.05, 0.1) is 13.2 Å². The minimum absolute atomic E-state index is 0.235. The summed E-state index contributed by atoms with van der Waals surface area (Å²) >= 11 is 0. The Morgan fingerprint density at radius 2 is 1.76 bits per heavy atom. The van der Waals surface area contributed by atoms with Gasteiger partial charge in [0.25, 0.3) is 0 Å². The molecule has 2 fully saturated rings. The van der Waals surface area contributed by atoms with Crippen LogP contribution in [0.3, 0.4) is 0 Å². The number of carbonyl (C=O) groups is 3. The summed E-state index contributed by atoms with van der Waals surface area (Å²) in [4.78, 5) is 38.2. The van der Waals surface area contributed by atoms with Crippen molar-refractivity contribution in [2.24, 2.45) is 0 Å². The SMILES string of the molecule is CCC1(CCCCCC(NC(=O)OC(C)(C)C)C(=O)OCC(=O)c2ccc3c(c2)C2CCC3C2)OCCO1. The number of carbonyl (C=O) groups excluding carboxylic acids is 3. The van der Waals surface area contributed by atoms with Crippen LogP contribution in [0.25, 0.3) is 0 Å². The Hall–Kier alpha value is -2.45. The Labute approximate surface area is 226 Å². The summed E-state index contributed by atoms with van der Waals surface area (Å²) < 4.78 is 22.3. The zero-order valence-corrected chi connectivity index (χ0v) is 23.3. The molecule has 1 saturated heterocycles. The van der Waals surface area contributed by atoms with E-state index in [0.717, 1.165) is 25.7 Å². The number of esters is 1. The average Bonchev–Trinajstić information content (AvgIpc) is 3.62. The van der Waals surface area contributed by atoms with Gasteiger partial charge in [-0.3, -0.25) is 4.79 Å². The first-order valence-corrected chi connectivity index (χ1v) is 14.2. The Morgan fingerprint density at radius 3 is 2.45 bits per heavy atom. The van der Waals surface area contributed by atoms with Crippen LogP contribution in [0.4, 0.5) is 4.79 Å². The molecule has 1 aliphatic heterocycles. The number of hydrogen-bond donors (Lipinski definition) is 1. The number of Topliss-reactive ketones (excluding diaryl/α,β-unsaturated/α-hetero) is 1. The fraction of sp³-hybridized carbons (Fsp3) is 0.700. The third-order valence-corrected chi connectivity index (χ3v) is 7.94. The van der Waals surface area contributed by atoms with Gasteiger partial charge >= 0.3 is 12.1 Å². The molecule has 8 nitrogen and oxygen atoms in total. The number of ketones is 1. The molecule has 8 heteroatoms. The molecule has 0 aromatic heterocycles. The van der Waals surface area contributed by atoms with Crippen molar-refractivity contribution in [1.82, 2.24) is 5.32 Å². The second-order valence-corrected chi connectivity index (χ2v) is 11.8. The van der Waals surface area contributed by atoms with Crippen LogP contribution in [0.2, 0.25) is 0 Å². The summed E-state index contributed by atoms with van der Waals surface area (Å²) in [5.41, 5.74) is 2.52. The zero-order chi connectivity index (χ0) is 27.3. The summed E-state index contributed by atoms with van der Waals surface area (Å²) in [5, 5.41) is 2.64. The maximum atomic E-state index is 13.0. The molecule has 2 aliphatic carbocycles. The molecule has 3 unspecified atom stereocenters. The van der Waals surface area contributed by atoms with Crippen molar-refractivity contribution in [2.75, 3.05) is 19.8 Å². The van der Waals surface area contributed by atoms with Gasteiger partial charge in [-0.1, -0.05) is 31.9 Å². The minimum atomic E-state index is -0.896. The molecule has 4 rings (SSSR count). The molecular weight excluding hydrogens is 486 g/mol. The molecule has 1 aromatic rings. The van der Waals surface area contributed by atoms with Crippen molar-refractivity contribution < 1.29 is 33.3 Å². The molecule has 1 amide bonds. The Kier molecular flexibility index (Phi) is 9.14. The van der Waals surface area contributed by atoms with E-state index in [-0.39, 0.29) is 12.4 Å². The lowest BCUT2D eigenvalue weighted by molar-refractivity contribution is -0.164. The average molecular weight is 530 g/mol. The van der Waals surface area contributed by atoms with Crippen LogP contribution in [-0.2, 0) is 23.7 Å². The maximum absolute atomic E-state index is 13.0. The van der Waals surface area contributed by atoms with Crippen LogP contribution in [-0.4, -0.2) is 55.1 Å². The fourth-order valence-electron chi connectivity index (χ4n) is 5.98. The van der Waals surface area contributed by atoms with E-state index in [0.29, 0.717) is 43.5 Å². The Balaban J connectivity index is 1.29. The first-order valence-electron chi connectivity index (χ1n) is 14.2. The number of ether oxygens (including phenoxy) is 4. The van der Waals surface area contributed by atoms with Gasteiger partial charge in [0.2, 0.25) is 0 Å². The van der Waals surface area contributed by atoms with Crippen LogP contribution in [0, 0.1) is 0 Å². The van der Waals surface area contributed by atoms with Crippen molar-refractivity contribution in [2.45, 2.75) is 115 Å². The van der Waals surface area contributed by atoms with Gasteiger partial charge in [-0.25, -0.2) is 9.59 Å². The molecule has 0 spiro atoms. The normalized spacial score (nSPS) is 22.1. The highest BCUT2D eigenvalue weighted by Crippen LogP contribution is 2.53. The van der Waals surface area contributed by atoms with Gasteiger partial charge in [0.15, 0.2) is 18.2 Å². The first kappa shape index (κ1) is 28.6. The lowest BCUT2D eigenvalue weighted by atomic mass is 9.90. The molecule has 38 heavy (non-hydrogen) atoms. The molecule has 1 aromatic carbocycles. The van der Waals surface area contributed by atoms with E-state index in [1.807, 2.05) is 12.1 Å². The first-order chi connectivity index (χ1) is 18.1. The smallest absolute Gasteiger partial charge is 0.408 e. The topological polar surface area (TPSA) is 100 Å². The van der Waals surface area contributed by atoms with E-state index in [2.05, 4.69) is 18.3 Å². The molecule has 3 aliphatic rings. The number of nitrogens with one attached hydrogen (secondary N) is 1. The maximum Gasteiger partial charge on any atom is 0.408 e. The summed E-state index contributed by atoms with van der Waals surface area (Å²) in [6.07, 6.45) is 7.28. The van der Waals surface area contributed by atoms with Crippen LogP contribution < -0.4 is 5.32 Å². The number of unbranched alkanes of at least 4 members (excludes halogenated alkanes) is 2. The predicted octanol–water partition coefficient (Wildman–Crippen LogP) is 5.77. The van der Waals surface area contributed by atoms with Gasteiger partial charge in [-0.15, -0.1) is 0 Å². The molecule has 3 atom stereocenters. The quantitative estimate of drug-likeness (QED) is 0.208. The summed E-state index contributed by atoms with van der Waals surface area (Å²) in [7, 11) is 0. The van der Waals surface area contributed by atoms with Gasteiger partial charge in [0, 0.05) is 12.0 Å². The summed E-state index contributed by atoms with van der Waals surface area (Å²) in [6, 6.07) is 4.98. The largest absolute Gasteiger partial charge is 0.456 e. The molecule has 0 radical (unpaired) electrons. The number of amides is 1. The van der Waals surface area contributed by atoms with Crippen LogP contribution in [0.1, 0.15) is 119 Å². The van der Waals surface area contributed by atoms with Gasteiger partial charge in [-0.2, -0.15) is 0 Å². The van der Waals surface area contributed by atoms with E-state index >= 15 is 0 Å². The lowest BCUT2D eigenvalue weighted by Gasteiger charge is -2.26. The molecule has 1 N–H and O–H groups in total. The second kappa shape index (κ2) is 12.2. The van der Waals surface area contributed by atoms with Gasteiger partial charge < -0.3 is 24.3 Å². The van der Waals surface area contributed by atoms with E-state index in [9.17, 15) is 14.4 Å². The van der Waals surface area contributed by atoms with Gasteiger partial charge in [0.1, 0.15) is 11.6 Å². The second-order valence-electron chi connectivity index (χ2n) is 11.8. The third kappa shape index (κ3) is 7.14. The fourth-order valence-corrected chi connectivity index (χ4v) is 5.98. The monoisotopic (exact) mass is 529 g/mol. The van der Waals surface area contributed by atoms with Crippen molar-refractivity contribution in [1.29, 1.82) is 0 Å². The summed E-state index contributed by atoms with van der Waals surface area (Å²) in [5.74, 6) is -0.183. The predicted molar refractivity (Wildman–Crippen MR) is 142 cm³/mol. The third-order valence-electron chi connectivity index (χ3n) is 7.94. The zero-order valence-electron chi connectivity index (χ0n) is 23.3. The Morgan fingerprint density at radius 1 is 1.05 bits per heavy atom. The van der Waals surface area contributed by atoms with Gasteiger partial charge in [-0.05, 0) is 88.3 Å². The van der Waals surface area contributed by atoms with E-state index in [1.54, 1.807) is 20.8 Å². The van der Waals surface area contributed by atoms with Crippen LogP contribution >= 0.6 is 0 Å². The molecule has 1 heterocycles. The van der Waals surface area contributed by atoms with E-state index < -0.39 is 29.5 Å². The Bertz CT molecular complexity index is 1010. The molecule has 2 bridgehead atoms. The van der Waals surface area contributed by atoms with Crippen molar-refractivity contribution in [3.8, 4) is 0 Å². The summed E-state index contributed by atoms with van der Waals surface area (Å²) in [6.45, 7) is 8.22. The highest BCUT2D eigenvalue weighted by molar-refractivity contribution is 5.98. The van der Waals surface area contributed by atoms with Crippen molar-refractivity contribution in [3.63, 3.8) is 0 Å². The van der Waals surface area contributed by atoms with E-state index in [1.165, 1.54) is 30.4 Å². The van der Waals surface area contributed by atoms with E-state index in [4.69, 9.17) is 18.9 Å². The highest BCUT2D eigenvalue weighted by Gasteiger charge is 2.37. The highest BCUT2D eigenvalue weighted by atomic mass is 16.7. The number of rotatable bonds is 12. The van der Waals surface area contributed by atoms with Crippen molar-refractivity contribution in [3.05, 3.63) is 34.9 Å². The number of benzene rings is 1. The lowest BCUT2D eigenvalue weighted by Crippen LogP contribution is -2.44. The molecular formula is C30H43NO7. The van der Waals surface area contributed by atoms with Crippen molar-refractivity contribution >= 4 is 17.8 Å². The van der Waals surface area contributed by atoms with Crippen LogP contribution in [0.5, 0.6) is 0 Å².